The molecular weight excluding hydrogens is 255 g/mol. The highest BCUT2D eigenvalue weighted by Gasteiger charge is 2.39. The minimum absolute atomic E-state index is 0.175. The molecule has 3 nitrogen and oxygen atoms in total. The molecule has 0 amide bonds. The van der Waals surface area contributed by atoms with Crippen LogP contribution < -0.4 is 5.32 Å². The minimum atomic E-state index is -0.802. The van der Waals surface area contributed by atoms with E-state index in [0.717, 1.165) is 13.0 Å². The average molecular weight is 284 g/mol. The Labute approximate surface area is 122 Å². The summed E-state index contributed by atoms with van der Waals surface area (Å²) in [6, 6.07) is 0.617. The Morgan fingerprint density at radius 3 is 2.40 bits per heavy atom. The van der Waals surface area contributed by atoms with Crippen molar-refractivity contribution >= 4 is 0 Å². The van der Waals surface area contributed by atoms with Crippen molar-refractivity contribution < 1.29 is 9.13 Å². The van der Waals surface area contributed by atoms with Crippen LogP contribution in [-0.2, 0) is 4.74 Å². The molecule has 0 aromatic heterocycles. The number of ether oxygens (including phenoxy) is 1. The zero-order valence-electron chi connectivity index (χ0n) is 12.7. The van der Waals surface area contributed by atoms with Gasteiger partial charge in [0.1, 0.15) is 6.17 Å². The topological polar surface area (TPSA) is 24.5 Å². The lowest BCUT2D eigenvalue weighted by Gasteiger charge is -2.47. The Kier molecular flexibility index (Phi) is 4.63. The Balaban J connectivity index is 1.51. The molecule has 20 heavy (non-hydrogen) atoms. The van der Waals surface area contributed by atoms with Crippen LogP contribution in [0.2, 0.25) is 0 Å². The van der Waals surface area contributed by atoms with Gasteiger partial charge in [0.05, 0.1) is 6.10 Å². The molecule has 3 rings (SSSR count). The van der Waals surface area contributed by atoms with Crippen LogP contribution in [0.15, 0.2) is 0 Å². The lowest BCUT2D eigenvalue weighted by Crippen LogP contribution is -2.51. The van der Waals surface area contributed by atoms with E-state index < -0.39 is 6.17 Å². The van der Waals surface area contributed by atoms with Crippen molar-refractivity contribution in [1.29, 1.82) is 0 Å². The molecule has 1 aliphatic carbocycles. The van der Waals surface area contributed by atoms with Gasteiger partial charge in [0.25, 0.3) is 0 Å². The van der Waals surface area contributed by atoms with Gasteiger partial charge in [0.15, 0.2) is 0 Å². The summed E-state index contributed by atoms with van der Waals surface area (Å²) in [5.41, 5.74) is 0.613. The van der Waals surface area contributed by atoms with Gasteiger partial charge in [-0.05, 0) is 63.5 Å². The van der Waals surface area contributed by atoms with E-state index in [9.17, 15) is 4.39 Å². The minimum Gasteiger partial charge on any atom is -0.378 e. The summed E-state index contributed by atoms with van der Waals surface area (Å²) in [6.07, 6.45) is 7.79. The van der Waals surface area contributed by atoms with Gasteiger partial charge in [-0.1, -0.05) is 0 Å². The maximum Gasteiger partial charge on any atom is 0.139 e. The predicted molar refractivity (Wildman–Crippen MR) is 78.7 cm³/mol. The first kappa shape index (κ1) is 14.7. The van der Waals surface area contributed by atoms with E-state index >= 15 is 0 Å². The molecule has 4 heteroatoms. The third-order valence-electron chi connectivity index (χ3n) is 6.01. The van der Waals surface area contributed by atoms with E-state index in [-0.39, 0.29) is 6.10 Å². The van der Waals surface area contributed by atoms with Gasteiger partial charge < -0.3 is 10.1 Å². The number of nitrogens with zero attached hydrogens (tertiary/aromatic N) is 1. The summed E-state index contributed by atoms with van der Waals surface area (Å²) in [7, 11) is 1.63. The van der Waals surface area contributed by atoms with Crippen molar-refractivity contribution in [1.82, 2.24) is 10.2 Å². The molecule has 3 aliphatic rings. The summed E-state index contributed by atoms with van der Waals surface area (Å²) >= 11 is 0. The molecule has 0 unspecified atom stereocenters. The van der Waals surface area contributed by atoms with Gasteiger partial charge in [-0.3, -0.25) is 4.90 Å². The first-order valence-corrected chi connectivity index (χ1v) is 8.34. The quantitative estimate of drug-likeness (QED) is 0.842. The lowest BCUT2D eigenvalue weighted by molar-refractivity contribution is -0.0437. The van der Waals surface area contributed by atoms with Crippen molar-refractivity contribution in [3.05, 3.63) is 0 Å². The van der Waals surface area contributed by atoms with Gasteiger partial charge in [0, 0.05) is 26.2 Å². The zero-order chi connectivity index (χ0) is 14.0. The molecule has 2 heterocycles. The fraction of sp³-hybridized carbons (Fsp3) is 1.00. The maximum atomic E-state index is 14.0. The third kappa shape index (κ3) is 3.02. The molecule has 1 saturated carbocycles. The van der Waals surface area contributed by atoms with Gasteiger partial charge in [-0.2, -0.15) is 0 Å². The lowest BCUT2D eigenvalue weighted by atomic mass is 9.67. The molecule has 3 fully saturated rings. The van der Waals surface area contributed by atoms with Crippen molar-refractivity contribution in [2.45, 2.75) is 63.3 Å². The molecule has 2 saturated heterocycles. The highest BCUT2D eigenvalue weighted by atomic mass is 19.1. The summed E-state index contributed by atoms with van der Waals surface area (Å²) in [5.74, 6) is 0. The van der Waals surface area contributed by atoms with Crippen LogP contribution in [-0.4, -0.2) is 56.5 Å². The number of halogens is 1. The number of piperidine rings is 2. The number of hydrogen-bond acceptors (Lipinski definition) is 3. The van der Waals surface area contributed by atoms with Crippen LogP contribution in [0.4, 0.5) is 4.39 Å². The van der Waals surface area contributed by atoms with Crippen LogP contribution >= 0.6 is 0 Å². The van der Waals surface area contributed by atoms with Gasteiger partial charge in [-0.25, -0.2) is 4.39 Å². The monoisotopic (exact) mass is 284 g/mol. The summed E-state index contributed by atoms with van der Waals surface area (Å²) in [6.45, 7) is 3.97. The van der Waals surface area contributed by atoms with E-state index in [1.165, 1.54) is 51.6 Å². The summed E-state index contributed by atoms with van der Waals surface area (Å²) in [4.78, 5) is 2.40. The Hall–Kier alpha value is -0.190. The predicted octanol–water partition coefficient (Wildman–Crippen LogP) is 2.36. The molecule has 1 spiro atoms. The van der Waals surface area contributed by atoms with Crippen molar-refractivity contribution in [2.75, 3.05) is 33.3 Å². The fourth-order valence-electron chi connectivity index (χ4n) is 4.54. The second-order valence-electron chi connectivity index (χ2n) is 7.05. The SMILES string of the molecule is CO[C@H]1CCN(C2CCC3(CCNCC3)CC2)C[C@H]1F. The van der Waals surface area contributed by atoms with Gasteiger partial charge >= 0.3 is 0 Å². The number of likely N-dealkylation sites (tertiary alicyclic amines) is 1. The van der Waals surface area contributed by atoms with Crippen LogP contribution in [0.3, 0.4) is 0 Å². The second-order valence-corrected chi connectivity index (χ2v) is 7.05. The summed E-state index contributed by atoms with van der Waals surface area (Å²) < 4.78 is 19.2. The zero-order valence-corrected chi connectivity index (χ0v) is 12.7. The van der Waals surface area contributed by atoms with E-state index in [4.69, 9.17) is 4.74 Å². The van der Waals surface area contributed by atoms with Crippen molar-refractivity contribution in [3.8, 4) is 0 Å². The standard InChI is InChI=1S/C16H29FN2O/c1-20-15-4-11-19(12-14(15)17)13-2-5-16(6-3-13)7-9-18-10-8-16/h13-15,18H,2-12H2,1H3/t14-,15+/m1/s1. The highest BCUT2D eigenvalue weighted by Crippen LogP contribution is 2.44. The molecule has 2 atom stereocenters. The number of alkyl halides is 1. The Bertz CT molecular complexity index is 310. The molecular formula is C16H29FN2O. The molecule has 0 aromatic carbocycles. The van der Waals surface area contributed by atoms with Crippen molar-refractivity contribution in [2.24, 2.45) is 5.41 Å². The average Bonchev–Trinajstić information content (AvgIpc) is 2.49. The molecule has 0 radical (unpaired) electrons. The Morgan fingerprint density at radius 1 is 1.10 bits per heavy atom. The largest absolute Gasteiger partial charge is 0.378 e. The van der Waals surface area contributed by atoms with Gasteiger partial charge in [0.2, 0.25) is 0 Å². The van der Waals surface area contributed by atoms with E-state index in [1.807, 2.05) is 0 Å². The number of methoxy groups -OCH3 is 1. The number of rotatable bonds is 2. The van der Waals surface area contributed by atoms with Gasteiger partial charge in [-0.15, -0.1) is 0 Å². The van der Waals surface area contributed by atoms with E-state index in [1.54, 1.807) is 7.11 Å². The smallest absolute Gasteiger partial charge is 0.139 e. The van der Waals surface area contributed by atoms with Crippen LogP contribution in [0, 0.1) is 5.41 Å². The normalized spacial score (nSPS) is 36.3. The highest BCUT2D eigenvalue weighted by molar-refractivity contribution is 4.93. The van der Waals surface area contributed by atoms with Crippen LogP contribution in [0.5, 0.6) is 0 Å². The molecule has 1 N–H and O–H groups in total. The molecule has 116 valence electrons. The summed E-state index contributed by atoms with van der Waals surface area (Å²) in [5, 5.41) is 3.47. The second kappa shape index (κ2) is 6.29. The first-order valence-electron chi connectivity index (χ1n) is 8.34. The van der Waals surface area contributed by atoms with Crippen molar-refractivity contribution in [3.63, 3.8) is 0 Å². The Morgan fingerprint density at radius 2 is 1.80 bits per heavy atom. The first-order chi connectivity index (χ1) is 9.72. The number of nitrogens with one attached hydrogen (secondary N) is 1. The third-order valence-corrected chi connectivity index (χ3v) is 6.01. The van der Waals surface area contributed by atoms with Crippen LogP contribution in [0.1, 0.15) is 44.9 Å². The maximum absolute atomic E-state index is 14.0. The fourth-order valence-corrected chi connectivity index (χ4v) is 4.54. The van der Waals surface area contributed by atoms with E-state index in [0.29, 0.717) is 18.0 Å². The van der Waals surface area contributed by atoms with Crippen LogP contribution in [0.25, 0.3) is 0 Å². The number of hydrogen-bond donors (Lipinski definition) is 1. The van der Waals surface area contributed by atoms with E-state index in [2.05, 4.69) is 10.2 Å². The molecule has 0 bridgehead atoms. The molecule has 0 aromatic rings. The molecule has 2 aliphatic heterocycles.